The first-order valence-electron chi connectivity index (χ1n) is 8.29. The van der Waals surface area contributed by atoms with Crippen molar-refractivity contribution in [2.45, 2.75) is 13.5 Å². The highest BCUT2D eigenvalue weighted by Crippen LogP contribution is 2.29. The van der Waals surface area contributed by atoms with E-state index < -0.39 is 0 Å². The first kappa shape index (κ1) is 15.3. The third-order valence-electron chi connectivity index (χ3n) is 4.22. The second-order valence-electron chi connectivity index (χ2n) is 6.00. The minimum atomic E-state index is 0.550. The van der Waals surface area contributed by atoms with Crippen molar-refractivity contribution in [2.75, 3.05) is 0 Å². The summed E-state index contributed by atoms with van der Waals surface area (Å²) < 4.78 is 5.95. The number of aromatic nitrogens is 2. The third kappa shape index (κ3) is 3.22. The van der Waals surface area contributed by atoms with Crippen LogP contribution in [0.5, 0.6) is 5.75 Å². The van der Waals surface area contributed by atoms with Gasteiger partial charge < -0.3 is 4.74 Å². The third-order valence-corrected chi connectivity index (χ3v) is 4.22. The molecule has 0 unspecified atom stereocenters. The van der Waals surface area contributed by atoms with E-state index in [0.717, 1.165) is 39.0 Å². The van der Waals surface area contributed by atoms with Crippen molar-refractivity contribution in [1.29, 1.82) is 0 Å². The summed E-state index contributed by atoms with van der Waals surface area (Å²) in [5, 5.41) is 1.06. The van der Waals surface area contributed by atoms with Crippen molar-refractivity contribution >= 4 is 10.9 Å². The van der Waals surface area contributed by atoms with Crippen molar-refractivity contribution in [1.82, 2.24) is 9.97 Å². The number of ether oxygens (including phenoxy) is 1. The van der Waals surface area contributed by atoms with E-state index in [1.807, 2.05) is 42.5 Å². The Kier molecular flexibility index (Phi) is 4.13. The lowest BCUT2D eigenvalue weighted by molar-refractivity contribution is 0.306. The van der Waals surface area contributed by atoms with E-state index in [1.165, 1.54) is 0 Å². The van der Waals surface area contributed by atoms with Gasteiger partial charge in [-0.25, -0.2) is 9.97 Å². The van der Waals surface area contributed by atoms with Crippen LogP contribution in [0.2, 0.25) is 0 Å². The lowest BCUT2D eigenvalue weighted by atomic mass is 10.0. The van der Waals surface area contributed by atoms with Gasteiger partial charge in [-0.1, -0.05) is 60.7 Å². The summed E-state index contributed by atoms with van der Waals surface area (Å²) in [4.78, 5) is 8.93. The molecule has 122 valence electrons. The van der Waals surface area contributed by atoms with Gasteiger partial charge in [0, 0.05) is 10.9 Å². The van der Waals surface area contributed by atoms with E-state index >= 15 is 0 Å². The van der Waals surface area contributed by atoms with Crippen molar-refractivity contribution in [3.05, 3.63) is 90.3 Å². The molecule has 3 nitrogen and oxygen atoms in total. The molecule has 0 aliphatic heterocycles. The van der Waals surface area contributed by atoms with Crippen molar-refractivity contribution in [2.24, 2.45) is 0 Å². The van der Waals surface area contributed by atoms with E-state index in [9.17, 15) is 0 Å². The predicted octanol–water partition coefficient (Wildman–Crippen LogP) is 5.18. The van der Waals surface area contributed by atoms with E-state index in [2.05, 4.69) is 47.2 Å². The largest absolute Gasteiger partial charge is 0.489 e. The van der Waals surface area contributed by atoms with Gasteiger partial charge in [0.2, 0.25) is 0 Å². The molecule has 1 heterocycles. The number of hydrogen-bond donors (Lipinski definition) is 0. The average Bonchev–Trinajstić information content (AvgIpc) is 2.67. The summed E-state index contributed by atoms with van der Waals surface area (Å²) in [6, 6.07) is 24.4. The fourth-order valence-corrected chi connectivity index (χ4v) is 2.94. The van der Waals surface area contributed by atoms with Crippen molar-refractivity contribution in [3.63, 3.8) is 0 Å². The van der Waals surface area contributed by atoms with Crippen LogP contribution in [0, 0.1) is 6.92 Å². The number of aryl methyl sites for hydroxylation is 1. The molecular formula is C22H18N2O. The summed E-state index contributed by atoms with van der Waals surface area (Å²) >= 11 is 0. The zero-order valence-electron chi connectivity index (χ0n) is 14.0. The summed E-state index contributed by atoms with van der Waals surface area (Å²) in [6.45, 7) is 2.62. The molecule has 0 atom stereocenters. The van der Waals surface area contributed by atoms with E-state index in [4.69, 9.17) is 4.74 Å². The molecule has 0 amide bonds. The van der Waals surface area contributed by atoms with Crippen LogP contribution in [0.1, 0.15) is 11.1 Å². The Morgan fingerprint density at radius 1 is 0.840 bits per heavy atom. The normalized spacial score (nSPS) is 10.8. The monoisotopic (exact) mass is 326 g/mol. The highest BCUT2D eigenvalue weighted by atomic mass is 16.5. The van der Waals surface area contributed by atoms with Crippen LogP contribution < -0.4 is 4.74 Å². The van der Waals surface area contributed by atoms with Gasteiger partial charge in [-0.05, 0) is 30.2 Å². The minimum absolute atomic E-state index is 0.550. The number of nitrogens with zero attached hydrogens (tertiary/aromatic N) is 2. The Labute approximate surface area is 147 Å². The molecule has 0 aliphatic carbocycles. The summed E-state index contributed by atoms with van der Waals surface area (Å²) in [5.41, 5.74) is 5.25. The highest BCUT2D eigenvalue weighted by molar-refractivity contribution is 5.93. The molecule has 25 heavy (non-hydrogen) atoms. The van der Waals surface area contributed by atoms with Crippen LogP contribution >= 0.6 is 0 Å². The smallest absolute Gasteiger partial charge is 0.120 e. The number of fused-ring (bicyclic) bond motifs is 1. The Bertz CT molecular complexity index is 1010. The van der Waals surface area contributed by atoms with Crippen LogP contribution in [0.4, 0.5) is 0 Å². The van der Waals surface area contributed by atoms with Crippen molar-refractivity contribution in [3.8, 4) is 17.0 Å². The lowest BCUT2D eigenvalue weighted by Gasteiger charge is -2.10. The molecular weight excluding hydrogens is 308 g/mol. The topological polar surface area (TPSA) is 35.0 Å². The Balaban J connectivity index is 1.67. The lowest BCUT2D eigenvalue weighted by Crippen LogP contribution is -1.96. The van der Waals surface area contributed by atoms with Gasteiger partial charge in [0.25, 0.3) is 0 Å². The first-order chi connectivity index (χ1) is 12.3. The summed E-state index contributed by atoms with van der Waals surface area (Å²) in [7, 11) is 0. The van der Waals surface area contributed by atoms with E-state index in [-0.39, 0.29) is 0 Å². The molecule has 3 heteroatoms. The molecule has 0 N–H and O–H groups in total. The fourth-order valence-electron chi connectivity index (χ4n) is 2.94. The maximum atomic E-state index is 5.95. The zero-order chi connectivity index (χ0) is 17.1. The standard InChI is InChI=1S/C22H18N2O/c1-16-7-5-12-20-21(16)23-15-24-22(20)18-10-6-11-19(13-18)25-14-17-8-3-2-4-9-17/h2-13,15H,14H2,1H3. The van der Waals surface area contributed by atoms with Crippen LogP contribution in [-0.2, 0) is 6.61 Å². The SMILES string of the molecule is Cc1cccc2c(-c3cccc(OCc4ccccc4)c3)ncnc12. The minimum Gasteiger partial charge on any atom is -0.489 e. The van der Waals surface area contributed by atoms with Gasteiger partial charge in [-0.2, -0.15) is 0 Å². The van der Waals surface area contributed by atoms with Gasteiger partial charge in [0.1, 0.15) is 18.7 Å². The molecule has 0 fully saturated rings. The quantitative estimate of drug-likeness (QED) is 0.518. The molecule has 0 saturated carbocycles. The molecule has 0 aliphatic rings. The molecule has 1 aromatic heterocycles. The van der Waals surface area contributed by atoms with Gasteiger partial charge in [0.15, 0.2) is 0 Å². The summed E-state index contributed by atoms with van der Waals surface area (Å²) in [6.07, 6.45) is 1.63. The molecule has 0 spiro atoms. The average molecular weight is 326 g/mol. The van der Waals surface area contributed by atoms with Crippen LogP contribution in [0.15, 0.2) is 79.1 Å². The van der Waals surface area contributed by atoms with Crippen LogP contribution in [0.3, 0.4) is 0 Å². The number of hydrogen-bond acceptors (Lipinski definition) is 3. The zero-order valence-corrected chi connectivity index (χ0v) is 14.0. The highest BCUT2D eigenvalue weighted by Gasteiger charge is 2.08. The second-order valence-corrected chi connectivity index (χ2v) is 6.00. The Morgan fingerprint density at radius 3 is 2.56 bits per heavy atom. The second kappa shape index (κ2) is 6.73. The molecule has 0 saturated heterocycles. The van der Waals surface area contributed by atoms with Gasteiger partial charge in [-0.3, -0.25) is 0 Å². The number of benzene rings is 3. The van der Waals surface area contributed by atoms with E-state index in [0.29, 0.717) is 6.61 Å². The Morgan fingerprint density at radius 2 is 1.68 bits per heavy atom. The van der Waals surface area contributed by atoms with E-state index in [1.54, 1.807) is 6.33 Å². The fraction of sp³-hybridized carbons (Fsp3) is 0.0909. The van der Waals surface area contributed by atoms with Gasteiger partial charge >= 0.3 is 0 Å². The number of para-hydroxylation sites is 1. The Hall–Kier alpha value is -3.20. The predicted molar refractivity (Wildman–Crippen MR) is 100 cm³/mol. The summed E-state index contributed by atoms with van der Waals surface area (Å²) in [5.74, 6) is 0.834. The van der Waals surface area contributed by atoms with Crippen molar-refractivity contribution < 1.29 is 4.74 Å². The van der Waals surface area contributed by atoms with Gasteiger partial charge in [0.05, 0.1) is 11.2 Å². The molecule has 0 radical (unpaired) electrons. The molecule has 0 bridgehead atoms. The maximum absolute atomic E-state index is 5.95. The first-order valence-corrected chi connectivity index (χ1v) is 8.29. The molecule has 4 rings (SSSR count). The maximum Gasteiger partial charge on any atom is 0.120 e. The van der Waals surface area contributed by atoms with Crippen LogP contribution in [-0.4, -0.2) is 9.97 Å². The van der Waals surface area contributed by atoms with Gasteiger partial charge in [-0.15, -0.1) is 0 Å². The molecule has 4 aromatic rings. The molecule has 3 aromatic carbocycles. The van der Waals surface area contributed by atoms with Crippen LogP contribution in [0.25, 0.3) is 22.2 Å². The number of rotatable bonds is 4.